The molecule has 1 nitrogen and oxygen atoms in total. The number of hydrogen-bond acceptors (Lipinski definition) is 1. The zero-order valence-electron chi connectivity index (χ0n) is 11.9. The van der Waals surface area contributed by atoms with Crippen molar-refractivity contribution in [3.8, 4) is 0 Å². The van der Waals surface area contributed by atoms with Gasteiger partial charge in [-0.1, -0.05) is 53.5 Å². The number of nitrogens with two attached hydrogens (primary N) is 1. The Morgan fingerprint density at radius 1 is 0.952 bits per heavy atom. The molecule has 1 fully saturated rings. The Labute approximate surface area is 136 Å². The summed E-state index contributed by atoms with van der Waals surface area (Å²) in [5.41, 5.74) is 8.70. The van der Waals surface area contributed by atoms with Crippen LogP contribution in [0.4, 0.5) is 0 Å². The predicted molar refractivity (Wildman–Crippen MR) is 90.0 cm³/mol. The van der Waals surface area contributed by atoms with E-state index in [0.29, 0.717) is 10.9 Å². The molecule has 1 aliphatic rings. The molecule has 0 heterocycles. The molecule has 0 aliphatic heterocycles. The van der Waals surface area contributed by atoms with Gasteiger partial charge in [-0.3, -0.25) is 0 Å². The van der Waals surface area contributed by atoms with Gasteiger partial charge >= 0.3 is 0 Å². The van der Waals surface area contributed by atoms with Crippen LogP contribution < -0.4 is 5.73 Å². The summed E-state index contributed by atoms with van der Waals surface area (Å²) < 4.78 is 0. The van der Waals surface area contributed by atoms with Crippen molar-refractivity contribution in [3.05, 3.63) is 69.7 Å². The van der Waals surface area contributed by atoms with E-state index in [1.54, 1.807) is 0 Å². The Hall–Kier alpha value is -1.02. The highest BCUT2D eigenvalue weighted by Crippen LogP contribution is 2.44. The molecule has 0 spiro atoms. The van der Waals surface area contributed by atoms with Crippen LogP contribution in [0.25, 0.3) is 0 Å². The van der Waals surface area contributed by atoms with Crippen molar-refractivity contribution in [3.63, 3.8) is 0 Å². The van der Waals surface area contributed by atoms with Gasteiger partial charge in [-0.2, -0.15) is 0 Å². The summed E-state index contributed by atoms with van der Waals surface area (Å²) in [7, 11) is 0. The molecule has 0 aromatic heterocycles. The summed E-state index contributed by atoms with van der Waals surface area (Å²) >= 11 is 12.4. The largest absolute Gasteiger partial charge is 0.321 e. The highest BCUT2D eigenvalue weighted by Gasteiger charge is 2.35. The molecule has 0 unspecified atom stereocenters. The van der Waals surface area contributed by atoms with Gasteiger partial charge in [0.05, 0.1) is 0 Å². The summed E-state index contributed by atoms with van der Waals surface area (Å²) in [6, 6.07) is 16.3. The van der Waals surface area contributed by atoms with E-state index in [0.717, 1.165) is 36.3 Å². The summed E-state index contributed by atoms with van der Waals surface area (Å²) in [6.07, 6.45) is 4.05. The molecule has 110 valence electrons. The SMILES string of the molecule is NC1(c2cc(Cl)ccc2Cl)CCC(c2ccccc2)CC1. The molecule has 1 aliphatic carbocycles. The second kappa shape index (κ2) is 6.00. The van der Waals surface area contributed by atoms with Gasteiger partial charge in [0.25, 0.3) is 0 Å². The van der Waals surface area contributed by atoms with Crippen LogP contribution in [0.1, 0.15) is 42.7 Å². The van der Waals surface area contributed by atoms with Gasteiger partial charge in [0.1, 0.15) is 0 Å². The Morgan fingerprint density at radius 3 is 2.29 bits per heavy atom. The monoisotopic (exact) mass is 319 g/mol. The van der Waals surface area contributed by atoms with Gasteiger partial charge in [0.2, 0.25) is 0 Å². The third-order valence-corrected chi connectivity index (χ3v) is 5.18. The predicted octanol–water partition coefficient (Wildman–Crippen LogP) is 5.51. The van der Waals surface area contributed by atoms with Crippen LogP contribution >= 0.6 is 23.2 Å². The fourth-order valence-electron chi connectivity index (χ4n) is 3.34. The van der Waals surface area contributed by atoms with Crippen molar-refractivity contribution in [2.75, 3.05) is 0 Å². The number of benzene rings is 2. The minimum absolute atomic E-state index is 0.354. The van der Waals surface area contributed by atoms with Gasteiger partial charge in [-0.25, -0.2) is 0 Å². The average Bonchev–Trinajstić information content (AvgIpc) is 2.51. The van der Waals surface area contributed by atoms with Crippen molar-refractivity contribution in [2.24, 2.45) is 5.73 Å². The molecule has 2 aromatic carbocycles. The molecule has 0 radical (unpaired) electrons. The smallest absolute Gasteiger partial charge is 0.0457 e. The fourth-order valence-corrected chi connectivity index (χ4v) is 3.82. The van der Waals surface area contributed by atoms with Crippen molar-refractivity contribution in [2.45, 2.75) is 37.1 Å². The molecule has 0 saturated heterocycles. The first kappa shape index (κ1) is 14.9. The third kappa shape index (κ3) is 3.11. The maximum atomic E-state index is 6.65. The lowest BCUT2D eigenvalue weighted by Crippen LogP contribution is -2.40. The van der Waals surface area contributed by atoms with Crippen molar-refractivity contribution >= 4 is 23.2 Å². The third-order valence-electron chi connectivity index (χ3n) is 4.61. The molecule has 2 N–H and O–H groups in total. The number of halogens is 2. The van der Waals surface area contributed by atoms with Crippen LogP contribution in [0.3, 0.4) is 0 Å². The van der Waals surface area contributed by atoms with Crippen LogP contribution in [-0.4, -0.2) is 0 Å². The second-order valence-electron chi connectivity index (χ2n) is 5.97. The summed E-state index contributed by atoms with van der Waals surface area (Å²) in [4.78, 5) is 0. The quantitative estimate of drug-likeness (QED) is 0.776. The van der Waals surface area contributed by atoms with Crippen molar-refractivity contribution in [1.82, 2.24) is 0 Å². The molecular weight excluding hydrogens is 301 g/mol. The zero-order chi connectivity index (χ0) is 14.9. The van der Waals surface area contributed by atoms with E-state index in [1.807, 2.05) is 18.2 Å². The first-order chi connectivity index (χ1) is 10.1. The lowest BCUT2D eigenvalue weighted by atomic mass is 9.71. The molecule has 1 saturated carbocycles. The highest BCUT2D eigenvalue weighted by molar-refractivity contribution is 6.33. The fraction of sp³-hybridized carbons (Fsp3) is 0.333. The van der Waals surface area contributed by atoms with Crippen LogP contribution in [0, 0.1) is 0 Å². The normalized spacial score (nSPS) is 25.8. The Kier molecular flexibility index (Phi) is 4.26. The standard InChI is InChI=1S/C18H19Cl2N/c19-15-6-7-17(20)16(12-15)18(21)10-8-14(9-11-18)13-4-2-1-3-5-13/h1-7,12,14H,8-11,21H2. The van der Waals surface area contributed by atoms with Gasteiger partial charge < -0.3 is 5.73 Å². The lowest BCUT2D eigenvalue weighted by Gasteiger charge is -2.38. The molecule has 0 atom stereocenters. The van der Waals surface area contributed by atoms with Crippen LogP contribution in [0.15, 0.2) is 48.5 Å². The topological polar surface area (TPSA) is 26.0 Å². The Morgan fingerprint density at radius 2 is 1.62 bits per heavy atom. The second-order valence-corrected chi connectivity index (χ2v) is 6.81. The van der Waals surface area contributed by atoms with E-state index in [2.05, 4.69) is 30.3 Å². The van der Waals surface area contributed by atoms with Crippen LogP contribution in [-0.2, 0) is 5.54 Å². The summed E-state index contributed by atoms with van der Waals surface area (Å²) in [6.45, 7) is 0. The average molecular weight is 320 g/mol. The van der Waals surface area contributed by atoms with E-state index >= 15 is 0 Å². The van der Waals surface area contributed by atoms with E-state index in [1.165, 1.54) is 5.56 Å². The highest BCUT2D eigenvalue weighted by atomic mass is 35.5. The molecule has 0 amide bonds. The number of rotatable bonds is 2. The minimum Gasteiger partial charge on any atom is -0.321 e. The summed E-state index contributed by atoms with van der Waals surface area (Å²) in [5, 5.41) is 1.42. The molecule has 3 heteroatoms. The minimum atomic E-state index is -0.354. The Bertz CT molecular complexity index is 616. The van der Waals surface area contributed by atoms with Gasteiger partial charge in [0, 0.05) is 15.6 Å². The van der Waals surface area contributed by atoms with E-state index in [-0.39, 0.29) is 5.54 Å². The molecule has 2 aromatic rings. The van der Waals surface area contributed by atoms with Gasteiger partial charge in [-0.15, -0.1) is 0 Å². The van der Waals surface area contributed by atoms with Crippen LogP contribution in [0.2, 0.25) is 10.0 Å². The number of hydrogen-bond donors (Lipinski definition) is 1. The molecule has 3 rings (SSSR count). The van der Waals surface area contributed by atoms with Crippen LogP contribution in [0.5, 0.6) is 0 Å². The maximum absolute atomic E-state index is 6.65. The molecule has 0 bridgehead atoms. The molecular formula is C18H19Cl2N. The van der Waals surface area contributed by atoms with Gasteiger partial charge in [-0.05, 0) is 60.9 Å². The zero-order valence-corrected chi connectivity index (χ0v) is 13.4. The van der Waals surface area contributed by atoms with E-state index in [4.69, 9.17) is 28.9 Å². The maximum Gasteiger partial charge on any atom is 0.0457 e. The van der Waals surface area contributed by atoms with Crippen molar-refractivity contribution < 1.29 is 0 Å². The summed E-state index contributed by atoms with van der Waals surface area (Å²) in [5.74, 6) is 0.598. The molecule has 21 heavy (non-hydrogen) atoms. The lowest BCUT2D eigenvalue weighted by molar-refractivity contribution is 0.277. The first-order valence-corrected chi connectivity index (χ1v) is 8.13. The Balaban J connectivity index is 1.79. The van der Waals surface area contributed by atoms with Gasteiger partial charge in [0.15, 0.2) is 0 Å². The van der Waals surface area contributed by atoms with E-state index < -0.39 is 0 Å². The van der Waals surface area contributed by atoms with E-state index in [9.17, 15) is 0 Å². The first-order valence-electron chi connectivity index (χ1n) is 7.38. The van der Waals surface area contributed by atoms with Crippen molar-refractivity contribution in [1.29, 1.82) is 0 Å².